The highest BCUT2D eigenvalue weighted by molar-refractivity contribution is 6.31. The monoisotopic (exact) mass is 292 g/mol. The van der Waals surface area contributed by atoms with Gasteiger partial charge in [0.15, 0.2) is 0 Å². The van der Waals surface area contributed by atoms with Gasteiger partial charge in [-0.25, -0.2) is 0 Å². The number of nitrogens with zero attached hydrogens (tertiary/aromatic N) is 1. The minimum absolute atomic E-state index is 0.118. The van der Waals surface area contributed by atoms with Crippen molar-refractivity contribution in [1.82, 2.24) is 10.2 Å². The van der Waals surface area contributed by atoms with Crippen LogP contribution in [-0.2, 0) is 12.1 Å². The molecule has 1 aromatic rings. The minimum atomic E-state index is 0.118. The molecule has 0 spiro atoms. The average Bonchev–Trinajstić information content (AvgIpc) is 2.90. The first-order valence-electron chi connectivity index (χ1n) is 7.94. The third-order valence-corrected chi connectivity index (χ3v) is 5.25. The molecule has 0 bridgehead atoms. The molecule has 0 amide bonds. The number of halogens is 1. The standard InChI is InChI=1S/C17H25ClN2/c1-17(8-5-9-19-17)15-7-6-14(16(18)12-15)13-20-10-3-2-4-11-20/h6-7,12,19H,2-5,8-11,13H2,1H3. The van der Waals surface area contributed by atoms with Crippen LogP contribution in [0, 0.1) is 0 Å². The van der Waals surface area contributed by atoms with Crippen molar-refractivity contribution in [1.29, 1.82) is 0 Å². The molecule has 0 aromatic heterocycles. The first kappa shape index (κ1) is 14.4. The topological polar surface area (TPSA) is 15.3 Å². The molecular weight excluding hydrogens is 268 g/mol. The Kier molecular flexibility index (Phi) is 4.34. The van der Waals surface area contributed by atoms with Crippen LogP contribution in [0.2, 0.25) is 5.02 Å². The zero-order valence-electron chi connectivity index (χ0n) is 12.4. The molecule has 3 rings (SSSR count). The van der Waals surface area contributed by atoms with Crippen molar-refractivity contribution in [2.45, 2.75) is 51.1 Å². The van der Waals surface area contributed by atoms with Crippen LogP contribution in [-0.4, -0.2) is 24.5 Å². The van der Waals surface area contributed by atoms with Gasteiger partial charge in [-0.15, -0.1) is 0 Å². The van der Waals surface area contributed by atoms with E-state index in [1.54, 1.807) is 0 Å². The number of likely N-dealkylation sites (tertiary alicyclic amines) is 1. The van der Waals surface area contributed by atoms with Crippen LogP contribution in [0.5, 0.6) is 0 Å². The molecule has 2 fully saturated rings. The molecule has 3 heteroatoms. The van der Waals surface area contributed by atoms with Crippen molar-refractivity contribution >= 4 is 11.6 Å². The van der Waals surface area contributed by atoms with Gasteiger partial charge >= 0.3 is 0 Å². The lowest BCUT2D eigenvalue weighted by Crippen LogP contribution is -2.33. The van der Waals surface area contributed by atoms with Crippen molar-refractivity contribution in [3.63, 3.8) is 0 Å². The molecule has 2 saturated heterocycles. The molecule has 2 nitrogen and oxygen atoms in total. The van der Waals surface area contributed by atoms with Gasteiger partial charge < -0.3 is 5.32 Å². The average molecular weight is 293 g/mol. The van der Waals surface area contributed by atoms with E-state index in [0.29, 0.717) is 0 Å². The van der Waals surface area contributed by atoms with E-state index >= 15 is 0 Å². The summed E-state index contributed by atoms with van der Waals surface area (Å²) in [6.45, 7) is 6.84. The molecule has 1 N–H and O–H groups in total. The van der Waals surface area contributed by atoms with Crippen LogP contribution in [0.4, 0.5) is 0 Å². The smallest absolute Gasteiger partial charge is 0.0454 e. The Morgan fingerprint density at radius 2 is 2.00 bits per heavy atom. The Bertz CT molecular complexity index is 460. The van der Waals surface area contributed by atoms with Gasteiger partial charge in [0.05, 0.1) is 0 Å². The number of benzene rings is 1. The van der Waals surface area contributed by atoms with Gasteiger partial charge in [0.2, 0.25) is 0 Å². The molecular formula is C17H25ClN2. The molecule has 2 aliphatic rings. The largest absolute Gasteiger partial charge is 0.308 e. The second kappa shape index (κ2) is 6.05. The van der Waals surface area contributed by atoms with Gasteiger partial charge in [0.1, 0.15) is 0 Å². The molecule has 2 heterocycles. The van der Waals surface area contributed by atoms with Gasteiger partial charge in [-0.3, -0.25) is 4.90 Å². The van der Waals surface area contributed by atoms with Crippen molar-refractivity contribution < 1.29 is 0 Å². The summed E-state index contributed by atoms with van der Waals surface area (Å²) < 4.78 is 0. The first-order valence-corrected chi connectivity index (χ1v) is 8.31. The van der Waals surface area contributed by atoms with Gasteiger partial charge in [-0.05, 0) is 69.4 Å². The van der Waals surface area contributed by atoms with Crippen molar-refractivity contribution in [3.05, 3.63) is 34.3 Å². The summed E-state index contributed by atoms with van der Waals surface area (Å²) in [7, 11) is 0. The maximum absolute atomic E-state index is 6.53. The fourth-order valence-corrected chi connectivity index (χ4v) is 3.76. The number of hydrogen-bond acceptors (Lipinski definition) is 2. The van der Waals surface area contributed by atoms with Gasteiger partial charge in [-0.1, -0.05) is 30.2 Å². The fourth-order valence-electron chi connectivity index (χ4n) is 3.52. The Morgan fingerprint density at radius 1 is 1.20 bits per heavy atom. The highest BCUT2D eigenvalue weighted by atomic mass is 35.5. The van der Waals surface area contributed by atoms with Crippen LogP contribution in [0.1, 0.15) is 50.2 Å². The van der Waals surface area contributed by atoms with Gasteiger partial charge in [-0.2, -0.15) is 0 Å². The van der Waals surface area contributed by atoms with Crippen molar-refractivity contribution in [3.8, 4) is 0 Å². The van der Waals surface area contributed by atoms with E-state index < -0.39 is 0 Å². The predicted octanol–water partition coefficient (Wildman–Crippen LogP) is 3.92. The molecule has 1 unspecified atom stereocenters. The molecule has 1 atom stereocenters. The van der Waals surface area contributed by atoms with E-state index in [0.717, 1.165) is 18.1 Å². The van der Waals surface area contributed by atoms with E-state index in [4.69, 9.17) is 11.6 Å². The Labute approximate surface area is 127 Å². The molecule has 0 saturated carbocycles. The van der Waals surface area contributed by atoms with E-state index in [1.807, 2.05) is 0 Å². The maximum Gasteiger partial charge on any atom is 0.0454 e. The summed E-state index contributed by atoms with van der Waals surface area (Å²) in [5.74, 6) is 0. The quantitative estimate of drug-likeness (QED) is 0.908. The van der Waals surface area contributed by atoms with Crippen LogP contribution >= 0.6 is 11.6 Å². The lowest BCUT2D eigenvalue weighted by atomic mass is 9.90. The number of nitrogens with one attached hydrogen (secondary N) is 1. The normalized spacial score (nSPS) is 27.9. The number of hydrogen-bond donors (Lipinski definition) is 1. The molecule has 110 valence electrons. The molecule has 0 radical (unpaired) electrons. The number of rotatable bonds is 3. The lowest BCUT2D eigenvalue weighted by molar-refractivity contribution is 0.221. The second-order valence-electron chi connectivity index (χ2n) is 6.51. The SMILES string of the molecule is CC1(c2ccc(CN3CCCCC3)c(Cl)c2)CCCN1. The highest BCUT2D eigenvalue weighted by Gasteiger charge is 2.30. The van der Waals surface area contributed by atoms with Gasteiger partial charge in [0.25, 0.3) is 0 Å². The third-order valence-electron chi connectivity index (χ3n) is 4.90. The van der Waals surface area contributed by atoms with E-state index in [1.165, 1.54) is 56.3 Å². The highest BCUT2D eigenvalue weighted by Crippen LogP contribution is 2.33. The molecule has 0 aliphatic carbocycles. The van der Waals surface area contributed by atoms with Crippen molar-refractivity contribution in [2.24, 2.45) is 0 Å². The summed E-state index contributed by atoms with van der Waals surface area (Å²) in [6, 6.07) is 6.68. The summed E-state index contributed by atoms with van der Waals surface area (Å²) in [6.07, 6.45) is 6.50. The summed E-state index contributed by atoms with van der Waals surface area (Å²) in [5.41, 5.74) is 2.73. The third kappa shape index (κ3) is 3.03. The summed E-state index contributed by atoms with van der Waals surface area (Å²) >= 11 is 6.53. The Morgan fingerprint density at radius 3 is 2.65 bits per heavy atom. The summed E-state index contributed by atoms with van der Waals surface area (Å²) in [5, 5.41) is 4.54. The zero-order valence-corrected chi connectivity index (χ0v) is 13.2. The minimum Gasteiger partial charge on any atom is -0.308 e. The van der Waals surface area contributed by atoms with Crippen LogP contribution in [0.25, 0.3) is 0 Å². The number of piperidine rings is 1. The summed E-state index contributed by atoms with van der Waals surface area (Å²) in [4.78, 5) is 2.53. The Balaban J connectivity index is 1.73. The second-order valence-corrected chi connectivity index (χ2v) is 6.91. The van der Waals surface area contributed by atoms with Crippen LogP contribution < -0.4 is 5.32 Å². The molecule has 2 aliphatic heterocycles. The lowest BCUT2D eigenvalue weighted by Gasteiger charge is -2.28. The van der Waals surface area contributed by atoms with Crippen LogP contribution in [0.3, 0.4) is 0 Å². The molecule has 20 heavy (non-hydrogen) atoms. The molecule has 1 aromatic carbocycles. The van der Waals surface area contributed by atoms with E-state index in [9.17, 15) is 0 Å². The van der Waals surface area contributed by atoms with E-state index in [2.05, 4.69) is 35.3 Å². The Hall–Kier alpha value is -0.570. The maximum atomic E-state index is 6.53. The van der Waals surface area contributed by atoms with Gasteiger partial charge in [0, 0.05) is 17.1 Å². The fraction of sp³-hybridized carbons (Fsp3) is 0.647. The zero-order chi connectivity index (χ0) is 14.0. The van der Waals surface area contributed by atoms with E-state index in [-0.39, 0.29) is 5.54 Å². The first-order chi connectivity index (χ1) is 9.67. The predicted molar refractivity (Wildman–Crippen MR) is 85.2 cm³/mol. The van der Waals surface area contributed by atoms with Crippen molar-refractivity contribution in [2.75, 3.05) is 19.6 Å². The van der Waals surface area contributed by atoms with Crippen LogP contribution in [0.15, 0.2) is 18.2 Å².